The number of rotatable bonds is 1. The first-order valence-electron chi connectivity index (χ1n) is 4.74. The SMILES string of the molecule is Cn1ccnc1-c1nc(N)c2ccsc2n1. The minimum absolute atomic E-state index is 0.504. The normalized spacial score (nSPS) is 11.1. The van der Waals surface area contributed by atoms with Crippen LogP contribution in [0, 0.1) is 0 Å². The fraction of sp³-hybridized carbons (Fsp3) is 0.100. The first-order chi connectivity index (χ1) is 7.75. The van der Waals surface area contributed by atoms with E-state index in [0.717, 1.165) is 16.0 Å². The van der Waals surface area contributed by atoms with Crippen LogP contribution < -0.4 is 5.73 Å². The van der Waals surface area contributed by atoms with Crippen molar-refractivity contribution in [2.75, 3.05) is 5.73 Å². The number of hydrogen-bond donors (Lipinski definition) is 1. The van der Waals surface area contributed by atoms with Crippen molar-refractivity contribution in [2.45, 2.75) is 0 Å². The van der Waals surface area contributed by atoms with E-state index in [1.165, 1.54) is 0 Å². The van der Waals surface area contributed by atoms with Gasteiger partial charge < -0.3 is 10.3 Å². The first kappa shape index (κ1) is 9.29. The lowest BCUT2D eigenvalue weighted by Crippen LogP contribution is -2.00. The quantitative estimate of drug-likeness (QED) is 0.691. The fourth-order valence-corrected chi connectivity index (χ4v) is 2.33. The molecule has 16 heavy (non-hydrogen) atoms. The second kappa shape index (κ2) is 3.28. The highest BCUT2D eigenvalue weighted by Gasteiger charge is 2.11. The molecule has 3 rings (SSSR count). The van der Waals surface area contributed by atoms with Gasteiger partial charge in [0.2, 0.25) is 0 Å². The Morgan fingerprint density at radius 3 is 3.00 bits per heavy atom. The number of imidazole rings is 1. The number of anilines is 1. The van der Waals surface area contributed by atoms with E-state index in [0.29, 0.717) is 11.6 Å². The van der Waals surface area contributed by atoms with Gasteiger partial charge in [-0.2, -0.15) is 0 Å². The van der Waals surface area contributed by atoms with Crippen molar-refractivity contribution in [3.63, 3.8) is 0 Å². The van der Waals surface area contributed by atoms with Crippen LogP contribution in [0.2, 0.25) is 0 Å². The predicted molar refractivity (Wildman–Crippen MR) is 64.0 cm³/mol. The summed E-state index contributed by atoms with van der Waals surface area (Å²) in [6.07, 6.45) is 3.57. The molecule has 3 heterocycles. The van der Waals surface area contributed by atoms with Crippen molar-refractivity contribution in [1.29, 1.82) is 0 Å². The van der Waals surface area contributed by atoms with Gasteiger partial charge in [0.15, 0.2) is 11.6 Å². The molecule has 0 saturated carbocycles. The summed E-state index contributed by atoms with van der Waals surface area (Å²) >= 11 is 1.55. The predicted octanol–water partition coefficient (Wildman–Crippen LogP) is 1.67. The number of thiophene rings is 1. The van der Waals surface area contributed by atoms with E-state index >= 15 is 0 Å². The van der Waals surface area contributed by atoms with Crippen molar-refractivity contribution < 1.29 is 0 Å². The number of nitrogens with two attached hydrogens (primary N) is 1. The summed E-state index contributed by atoms with van der Waals surface area (Å²) in [6, 6.07) is 1.93. The van der Waals surface area contributed by atoms with E-state index in [4.69, 9.17) is 5.73 Å². The Balaban J connectivity index is 2.29. The third-order valence-corrected chi connectivity index (χ3v) is 3.18. The zero-order chi connectivity index (χ0) is 11.1. The molecule has 80 valence electrons. The van der Waals surface area contributed by atoms with Crippen LogP contribution in [0.1, 0.15) is 0 Å². The standard InChI is InChI=1S/C10H9N5S/c1-15-4-3-12-9(15)8-13-7(11)6-2-5-16-10(6)14-8/h2-5H,1H3,(H2,11,13,14). The van der Waals surface area contributed by atoms with Gasteiger partial charge >= 0.3 is 0 Å². The summed E-state index contributed by atoms with van der Waals surface area (Å²) in [5.41, 5.74) is 5.88. The molecule has 0 atom stereocenters. The molecular weight excluding hydrogens is 222 g/mol. The molecule has 0 spiro atoms. The smallest absolute Gasteiger partial charge is 0.199 e. The van der Waals surface area contributed by atoms with E-state index in [-0.39, 0.29) is 0 Å². The topological polar surface area (TPSA) is 69.6 Å². The van der Waals surface area contributed by atoms with Gasteiger partial charge in [0.25, 0.3) is 0 Å². The minimum atomic E-state index is 0.504. The highest BCUT2D eigenvalue weighted by Crippen LogP contribution is 2.25. The molecule has 2 N–H and O–H groups in total. The summed E-state index contributed by atoms with van der Waals surface area (Å²) < 4.78 is 1.87. The van der Waals surface area contributed by atoms with Crippen molar-refractivity contribution in [3.05, 3.63) is 23.8 Å². The van der Waals surface area contributed by atoms with Crippen molar-refractivity contribution in [1.82, 2.24) is 19.5 Å². The lowest BCUT2D eigenvalue weighted by atomic mass is 10.4. The monoisotopic (exact) mass is 231 g/mol. The molecule has 0 saturated heterocycles. The highest BCUT2D eigenvalue weighted by atomic mass is 32.1. The van der Waals surface area contributed by atoms with Gasteiger partial charge in [-0.3, -0.25) is 0 Å². The summed E-state index contributed by atoms with van der Waals surface area (Å²) in [5.74, 6) is 1.80. The maximum Gasteiger partial charge on any atom is 0.199 e. The average molecular weight is 231 g/mol. The fourth-order valence-electron chi connectivity index (χ4n) is 1.56. The molecule has 0 bridgehead atoms. The van der Waals surface area contributed by atoms with E-state index in [1.54, 1.807) is 17.5 Å². The summed E-state index contributed by atoms with van der Waals surface area (Å²) in [6.45, 7) is 0. The highest BCUT2D eigenvalue weighted by molar-refractivity contribution is 7.16. The van der Waals surface area contributed by atoms with Crippen molar-refractivity contribution in [3.8, 4) is 11.6 Å². The van der Waals surface area contributed by atoms with E-state index in [9.17, 15) is 0 Å². The molecule has 0 unspecified atom stereocenters. The van der Waals surface area contributed by atoms with Crippen LogP contribution >= 0.6 is 11.3 Å². The minimum Gasteiger partial charge on any atom is -0.383 e. The maximum atomic E-state index is 5.88. The van der Waals surface area contributed by atoms with Gasteiger partial charge in [-0.1, -0.05) is 0 Å². The number of nitrogen functional groups attached to an aromatic ring is 1. The summed E-state index contributed by atoms with van der Waals surface area (Å²) in [5, 5.41) is 2.86. The van der Waals surface area contributed by atoms with Crippen LogP contribution in [-0.2, 0) is 7.05 Å². The van der Waals surface area contributed by atoms with E-state index < -0.39 is 0 Å². The third kappa shape index (κ3) is 1.27. The number of aryl methyl sites for hydroxylation is 1. The second-order valence-corrected chi connectivity index (χ2v) is 4.33. The Kier molecular flexibility index (Phi) is 1.90. The molecule has 5 nitrogen and oxygen atoms in total. The molecule has 6 heteroatoms. The van der Waals surface area contributed by atoms with Crippen LogP contribution in [0.3, 0.4) is 0 Å². The molecule has 0 aliphatic carbocycles. The lowest BCUT2D eigenvalue weighted by molar-refractivity contribution is 0.910. The molecule has 3 aromatic rings. The van der Waals surface area contributed by atoms with Gasteiger partial charge in [-0.25, -0.2) is 15.0 Å². The van der Waals surface area contributed by atoms with Gasteiger partial charge in [-0.05, 0) is 11.4 Å². The Bertz CT molecular complexity index is 654. The number of fused-ring (bicyclic) bond motifs is 1. The van der Waals surface area contributed by atoms with Crippen LogP contribution in [0.5, 0.6) is 0 Å². The van der Waals surface area contributed by atoms with Crippen LogP contribution in [0.4, 0.5) is 5.82 Å². The molecule has 0 aromatic carbocycles. The molecule has 0 aliphatic heterocycles. The van der Waals surface area contributed by atoms with Gasteiger partial charge in [0.1, 0.15) is 10.6 Å². The Hall–Kier alpha value is -1.95. The molecule has 0 fully saturated rings. The van der Waals surface area contributed by atoms with E-state index in [1.807, 2.05) is 29.3 Å². The van der Waals surface area contributed by atoms with Crippen molar-refractivity contribution in [2.24, 2.45) is 7.05 Å². The Labute approximate surface area is 95.6 Å². The van der Waals surface area contributed by atoms with Crippen molar-refractivity contribution >= 4 is 27.4 Å². The molecular formula is C10H9N5S. The maximum absolute atomic E-state index is 5.88. The van der Waals surface area contributed by atoms with Crippen LogP contribution in [0.25, 0.3) is 21.9 Å². The largest absolute Gasteiger partial charge is 0.383 e. The van der Waals surface area contributed by atoms with Gasteiger partial charge in [0, 0.05) is 19.4 Å². The summed E-state index contributed by atoms with van der Waals surface area (Å²) in [4.78, 5) is 13.8. The zero-order valence-corrected chi connectivity index (χ0v) is 9.40. The zero-order valence-electron chi connectivity index (χ0n) is 8.58. The lowest BCUT2D eigenvalue weighted by Gasteiger charge is -2.02. The molecule has 0 aliphatic rings. The Morgan fingerprint density at radius 2 is 2.25 bits per heavy atom. The Morgan fingerprint density at radius 1 is 1.38 bits per heavy atom. The third-order valence-electron chi connectivity index (χ3n) is 2.38. The van der Waals surface area contributed by atoms with Crippen LogP contribution in [0.15, 0.2) is 23.8 Å². The number of aromatic nitrogens is 4. The molecule has 3 aromatic heterocycles. The molecule has 0 radical (unpaired) electrons. The molecule has 0 amide bonds. The van der Waals surface area contributed by atoms with Crippen LogP contribution in [-0.4, -0.2) is 19.5 Å². The summed E-state index contributed by atoms with van der Waals surface area (Å²) in [7, 11) is 1.90. The first-order valence-corrected chi connectivity index (χ1v) is 5.62. The van der Waals surface area contributed by atoms with E-state index in [2.05, 4.69) is 15.0 Å². The number of nitrogens with zero attached hydrogens (tertiary/aromatic N) is 4. The van der Waals surface area contributed by atoms with Gasteiger partial charge in [-0.15, -0.1) is 11.3 Å². The second-order valence-electron chi connectivity index (χ2n) is 3.43. The average Bonchev–Trinajstić information content (AvgIpc) is 2.85. The van der Waals surface area contributed by atoms with Gasteiger partial charge in [0.05, 0.1) is 5.39 Å². The number of hydrogen-bond acceptors (Lipinski definition) is 5.